The van der Waals surface area contributed by atoms with E-state index in [9.17, 15) is 9.59 Å². The summed E-state index contributed by atoms with van der Waals surface area (Å²) in [7, 11) is 0. The number of hydrogen-bond donors (Lipinski definition) is 1. The first-order valence-electron chi connectivity index (χ1n) is 8.36. The number of carbonyl (C=O) groups is 2. The number of hydrogen-bond acceptors (Lipinski definition) is 2. The topological polar surface area (TPSA) is 49.4 Å². The van der Waals surface area contributed by atoms with Crippen molar-refractivity contribution in [1.29, 1.82) is 0 Å². The van der Waals surface area contributed by atoms with E-state index in [2.05, 4.69) is 5.32 Å². The molecule has 1 aromatic rings. The number of piperidine rings is 1. The Kier molecular flexibility index (Phi) is 6.39. The lowest BCUT2D eigenvalue weighted by atomic mass is 9.96. The lowest BCUT2D eigenvalue weighted by molar-refractivity contribution is -0.126. The molecule has 1 aliphatic heterocycles. The predicted molar refractivity (Wildman–Crippen MR) is 92.2 cm³/mol. The van der Waals surface area contributed by atoms with E-state index in [1.807, 2.05) is 55.2 Å². The zero-order chi connectivity index (χ0) is 16.7. The smallest absolute Gasteiger partial charge is 0.253 e. The van der Waals surface area contributed by atoms with Crippen LogP contribution in [0.2, 0.25) is 0 Å². The molecule has 0 saturated carbocycles. The third-order valence-corrected chi connectivity index (χ3v) is 4.22. The van der Waals surface area contributed by atoms with Crippen LogP contribution in [0, 0.1) is 12.8 Å². The van der Waals surface area contributed by atoms with E-state index >= 15 is 0 Å². The molecule has 1 atom stereocenters. The van der Waals surface area contributed by atoms with E-state index < -0.39 is 0 Å². The minimum absolute atomic E-state index is 0.0245. The molecule has 1 fully saturated rings. The first-order chi connectivity index (χ1) is 11.1. The van der Waals surface area contributed by atoms with Crippen molar-refractivity contribution in [3.63, 3.8) is 0 Å². The van der Waals surface area contributed by atoms with Gasteiger partial charge >= 0.3 is 0 Å². The third kappa shape index (κ3) is 4.95. The van der Waals surface area contributed by atoms with Gasteiger partial charge in [0, 0.05) is 25.2 Å². The number of nitrogens with zero attached hydrogens (tertiary/aromatic N) is 1. The van der Waals surface area contributed by atoms with E-state index in [-0.39, 0.29) is 17.7 Å². The molecular weight excluding hydrogens is 288 g/mol. The number of rotatable bonds is 5. The highest BCUT2D eigenvalue weighted by molar-refractivity contribution is 5.94. The summed E-state index contributed by atoms with van der Waals surface area (Å²) in [6.45, 7) is 5.88. The minimum Gasteiger partial charge on any atom is -0.355 e. The van der Waals surface area contributed by atoms with Crippen LogP contribution >= 0.6 is 0 Å². The maximum atomic E-state index is 12.6. The summed E-state index contributed by atoms with van der Waals surface area (Å²) in [6, 6.07) is 7.61. The molecule has 23 heavy (non-hydrogen) atoms. The Labute approximate surface area is 138 Å². The molecule has 4 nitrogen and oxygen atoms in total. The van der Waals surface area contributed by atoms with Gasteiger partial charge in [-0.1, -0.05) is 29.8 Å². The lowest BCUT2D eigenvalue weighted by Crippen LogP contribution is -2.45. The van der Waals surface area contributed by atoms with Gasteiger partial charge < -0.3 is 10.2 Å². The summed E-state index contributed by atoms with van der Waals surface area (Å²) >= 11 is 0. The van der Waals surface area contributed by atoms with Crippen LogP contribution in [0.15, 0.2) is 36.4 Å². The second kappa shape index (κ2) is 8.51. The summed E-state index contributed by atoms with van der Waals surface area (Å²) in [4.78, 5) is 26.6. The molecule has 124 valence electrons. The molecule has 2 rings (SSSR count). The Balaban J connectivity index is 1.90. The Morgan fingerprint density at radius 3 is 2.74 bits per heavy atom. The lowest BCUT2D eigenvalue weighted by Gasteiger charge is -2.32. The molecule has 0 unspecified atom stereocenters. The number of carbonyl (C=O) groups excluding carboxylic acids is 2. The number of nitrogens with one attached hydrogen (secondary N) is 1. The summed E-state index contributed by atoms with van der Waals surface area (Å²) in [5, 5.41) is 2.97. The minimum atomic E-state index is -0.0937. The molecule has 0 aliphatic carbocycles. The van der Waals surface area contributed by atoms with Crippen LogP contribution in [0.25, 0.3) is 0 Å². The molecule has 1 N–H and O–H groups in total. The molecule has 4 heteroatoms. The van der Waals surface area contributed by atoms with Gasteiger partial charge in [0.1, 0.15) is 0 Å². The first-order valence-corrected chi connectivity index (χ1v) is 8.36. The number of benzene rings is 1. The fourth-order valence-corrected chi connectivity index (χ4v) is 2.84. The average molecular weight is 314 g/mol. The van der Waals surface area contributed by atoms with E-state index in [0.717, 1.165) is 31.4 Å². The molecule has 0 radical (unpaired) electrons. The Bertz CT molecular complexity index is 563. The van der Waals surface area contributed by atoms with Crippen molar-refractivity contribution >= 4 is 11.8 Å². The fourth-order valence-electron chi connectivity index (χ4n) is 2.84. The molecule has 1 saturated heterocycles. The van der Waals surface area contributed by atoms with Gasteiger partial charge in [0.05, 0.1) is 5.92 Å². The Morgan fingerprint density at radius 2 is 2.04 bits per heavy atom. The number of aryl methyl sites for hydroxylation is 1. The molecule has 1 heterocycles. The van der Waals surface area contributed by atoms with Crippen molar-refractivity contribution in [2.45, 2.75) is 33.1 Å². The van der Waals surface area contributed by atoms with Crippen LogP contribution < -0.4 is 5.32 Å². The molecule has 0 bridgehead atoms. The van der Waals surface area contributed by atoms with Crippen LogP contribution in [-0.4, -0.2) is 36.3 Å². The zero-order valence-electron chi connectivity index (χ0n) is 14.0. The normalized spacial score (nSPS) is 18.2. The highest BCUT2D eigenvalue weighted by Gasteiger charge is 2.28. The van der Waals surface area contributed by atoms with Crippen molar-refractivity contribution in [1.82, 2.24) is 10.2 Å². The number of amides is 2. The van der Waals surface area contributed by atoms with Crippen molar-refractivity contribution < 1.29 is 9.59 Å². The average Bonchev–Trinajstić information content (AvgIpc) is 2.59. The Morgan fingerprint density at radius 1 is 1.30 bits per heavy atom. The monoisotopic (exact) mass is 314 g/mol. The summed E-state index contributed by atoms with van der Waals surface area (Å²) in [5.41, 5.74) is 1.84. The van der Waals surface area contributed by atoms with E-state index in [1.165, 1.54) is 0 Å². The van der Waals surface area contributed by atoms with Crippen molar-refractivity contribution in [2.24, 2.45) is 5.92 Å². The summed E-state index contributed by atoms with van der Waals surface area (Å²) in [5.74, 6) is -0.00363. The number of likely N-dealkylation sites (tertiary alicyclic amines) is 1. The van der Waals surface area contributed by atoms with Crippen LogP contribution in [-0.2, 0) is 4.79 Å². The third-order valence-electron chi connectivity index (χ3n) is 4.22. The molecule has 0 aromatic heterocycles. The van der Waals surface area contributed by atoms with Gasteiger partial charge in [-0.2, -0.15) is 0 Å². The van der Waals surface area contributed by atoms with Gasteiger partial charge in [-0.05, 0) is 45.2 Å². The molecule has 1 aromatic carbocycles. The van der Waals surface area contributed by atoms with E-state index in [4.69, 9.17) is 0 Å². The van der Waals surface area contributed by atoms with Crippen LogP contribution in [0.4, 0.5) is 0 Å². The second-order valence-electron chi connectivity index (χ2n) is 6.11. The van der Waals surface area contributed by atoms with Gasteiger partial charge in [0.25, 0.3) is 5.91 Å². The highest BCUT2D eigenvalue weighted by atomic mass is 16.2. The van der Waals surface area contributed by atoms with Crippen LogP contribution in [0.3, 0.4) is 0 Å². The predicted octanol–water partition coefficient (Wildman–Crippen LogP) is 2.93. The first kappa shape index (κ1) is 17.3. The van der Waals surface area contributed by atoms with Crippen molar-refractivity contribution in [2.75, 3.05) is 19.6 Å². The maximum Gasteiger partial charge on any atom is 0.253 e. The molecule has 0 spiro atoms. The maximum absolute atomic E-state index is 12.6. The molecular formula is C19H26N2O2. The summed E-state index contributed by atoms with van der Waals surface area (Å²) in [6.07, 6.45) is 6.60. The van der Waals surface area contributed by atoms with Crippen molar-refractivity contribution in [3.8, 4) is 0 Å². The van der Waals surface area contributed by atoms with E-state index in [0.29, 0.717) is 18.7 Å². The largest absolute Gasteiger partial charge is 0.355 e. The number of allylic oxidation sites excluding steroid dienone is 1. The summed E-state index contributed by atoms with van der Waals surface area (Å²) < 4.78 is 0. The van der Waals surface area contributed by atoms with E-state index in [1.54, 1.807) is 0 Å². The molecule has 2 amide bonds. The van der Waals surface area contributed by atoms with Gasteiger partial charge in [0.15, 0.2) is 0 Å². The van der Waals surface area contributed by atoms with Gasteiger partial charge in [0.2, 0.25) is 5.91 Å². The van der Waals surface area contributed by atoms with Gasteiger partial charge in [-0.25, -0.2) is 0 Å². The second-order valence-corrected chi connectivity index (χ2v) is 6.11. The zero-order valence-corrected chi connectivity index (χ0v) is 14.0. The fraction of sp³-hybridized carbons (Fsp3) is 0.474. The standard InChI is InChI=1S/C19H26N2O2/c1-3-4-5-12-20-18(22)17-7-6-13-21(14-17)19(23)16-10-8-15(2)9-11-16/h3-4,8-11,17H,5-7,12-14H2,1-2H3,(H,20,22)/b4-3+/t17-/m0/s1. The van der Waals surface area contributed by atoms with Crippen LogP contribution in [0.1, 0.15) is 42.1 Å². The SMILES string of the molecule is C/C=C/CCNC(=O)[C@H]1CCCN(C(=O)c2ccc(C)cc2)C1. The Hall–Kier alpha value is -2.10. The van der Waals surface area contributed by atoms with Crippen LogP contribution in [0.5, 0.6) is 0 Å². The van der Waals surface area contributed by atoms with Gasteiger partial charge in [-0.3, -0.25) is 9.59 Å². The quantitative estimate of drug-likeness (QED) is 0.671. The van der Waals surface area contributed by atoms with Crippen molar-refractivity contribution in [3.05, 3.63) is 47.5 Å². The molecule has 1 aliphatic rings. The highest BCUT2D eigenvalue weighted by Crippen LogP contribution is 2.19. The van der Waals surface area contributed by atoms with Gasteiger partial charge in [-0.15, -0.1) is 0 Å².